The van der Waals surface area contributed by atoms with E-state index >= 15 is 0 Å². The number of methoxy groups -OCH3 is 2. The van der Waals surface area contributed by atoms with Gasteiger partial charge in [-0.25, -0.2) is 4.79 Å². The van der Waals surface area contributed by atoms with Crippen molar-refractivity contribution < 1.29 is 19.0 Å². The van der Waals surface area contributed by atoms with Crippen LogP contribution in [0.4, 0.5) is 0 Å². The number of benzene rings is 1. The summed E-state index contributed by atoms with van der Waals surface area (Å²) >= 11 is 0. The molecule has 4 nitrogen and oxygen atoms in total. The molecule has 1 aromatic rings. The molecular weight excluding hydrogens is 256 g/mol. The number of ether oxygens (including phenoxy) is 3. The molecule has 1 rings (SSSR count). The standard InChI is InChI=1S/C16H22O4/c1-6-20-16(17)11(2)7-8-13-10-14(18-4)9-12(3)15(13)19-5/h7,9-10H,6,8H2,1-5H3/b11-7+. The van der Waals surface area contributed by atoms with Gasteiger partial charge < -0.3 is 14.2 Å². The summed E-state index contributed by atoms with van der Waals surface area (Å²) in [5, 5.41) is 0. The highest BCUT2D eigenvalue weighted by Crippen LogP contribution is 2.29. The lowest BCUT2D eigenvalue weighted by Gasteiger charge is -2.12. The number of esters is 1. The summed E-state index contributed by atoms with van der Waals surface area (Å²) in [6.45, 7) is 5.88. The topological polar surface area (TPSA) is 44.8 Å². The maximum atomic E-state index is 11.6. The highest BCUT2D eigenvalue weighted by molar-refractivity contribution is 5.87. The molecule has 0 spiro atoms. The molecular formula is C16H22O4. The third-order valence-electron chi connectivity index (χ3n) is 2.99. The molecule has 0 radical (unpaired) electrons. The van der Waals surface area contributed by atoms with E-state index < -0.39 is 0 Å². The first-order valence-electron chi connectivity index (χ1n) is 6.58. The molecule has 4 heteroatoms. The molecule has 0 aliphatic carbocycles. The zero-order chi connectivity index (χ0) is 15.1. The molecule has 0 N–H and O–H groups in total. The third-order valence-corrected chi connectivity index (χ3v) is 2.99. The number of carbonyl (C=O) groups is 1. The predicted molar refractivity (Wildman–Crippen MR) is 78.4 cm³/mol. The number of rotatable bonds is 6. The SMILES string of the molecule is CCOC(=O)/C(C)=C/Cc1cc(OC)cc(C)c1OC. The first-order valence-corrected chi connectivity index (χ1v) is 6.58. The van der Waals surface area contributed by atoms with Crippen molar-refractivity contribution in [3.63, 3.8) is 0 Å². The quantitative estimate of drug-likeness (QED) is 0.592. The van der Waals surface area contributed by atoms with Crippen molar-refractivity contribution in [1.29, 1.82) is 0 Å². The molecule has 0 unspecified atom stereocenters. The monoisotopic (exact) mass is 278 g/mol. The van der Waals surface area contributed by atoms with E-state index in [1.807, 2.05) is 25.1 Å². The number of carbonyl (C=O) groups excluding carboxylic acids is 1. The van der Waals surface area contributed by atoms with Crippen LogP contribution in [-0.2, 0) is 16.0 Å². The van der Waals surface area contributed by atoms with Gasteiger partial charge in [0.05, 0.1) is 20.8 Å². The van der Waals surface area contributed by atoms with Gasteiger partial charge in [0, 0.05) is 11.1 Å². The number of hydrogen-bond donors (Lipinski definition) is 0. The molecule has 0 fully saturated rings. The number of hydrogen-bond acceptors (Lipinski definition) is 4. The van der Waals surface area contributed by atoms with E-state index in [-0.39, 0.29) is 5.97 Å². The van der Waals surface area contributed by atoms with Crippen LogP contribution in [0.2, 0.25) is 0 Å². The molecule has 0 atom stereocenters. The summed E-state index contributed by atoms with van der Waals surface area (Å²) in [5.41, 5.74) is 2.58. The van der Waals surface area contributed by atoms with Crippen LogP contribution < -0.4 is 9.47 Å². The van der Waals surface area contributed by atoms with Crippen molar-refractivity contribution >= 4 is 5.97 Å². The average molecular weight is 278 g/mol. The Morgan fingerprint density at radius 2 is 1.95 bits per heavy atom. The van der Waals surface area contributed by atoms with Gasteiger partial charge in [-0.1, -0.05) is 6.08 Å². The summed E-state index contributed by atoms with van der Waals surface area (Å²) in [7, 11) is 3.27. The van der Waals surface area contributed by atoms with Gasteiger partial charge in [0.2, 0.25) is 0 Å². The maximum Gasteiger partial charge on any atom is 0.333 e. The van der Waals surface area contributed by atoms with Gasteiger partial charge in [0.15, 0.2) is 0 Å². The van der Waals surface area contributed by atoms with E-state index in [1.54, 1.807) is 28.1 Å². The minimum atomic E-state index is -0.286. The van der Waals surface area contributed by atoms with E-state index in [2.05, 4.69) is 0 Å². The van der Waals surface area contributed by atoms with Crippen LogP contribution in [0.15, 0.2) is 23.8 Å². The second kappa shape index (κ2) is 7.58. The first kappa shape index (κ1) is 16.1. The zero-order valence-electron chi connectivity index (χ0n) is 12.8. The van der Waals surface area contributed by atoms with Crippen LogP contribution in [0.5, 0.6) is 11.5 Å². The number of allylic oxidation sites excluding steroid dienone is 1. The lowest BCUT2D eigenvalue weighted by Crippen LogP contribution is -2.05. The van der Waals surface area contributed by atoms with Crippen LogP contribution in [0.25, 0.3) is 0 Å². The summed E-state index contributed by atoms with van der Waals surface area (Å²) in [4.78, 5) is 11.6. The maximum absolute atomic E-state index is 11.6. The van der Waals surface area contributed by atoms with E-state index in [0.717, 1.165) is 22.6 Å². The lowest BCUT2D eigenvalue weighted by molar-refractivity contribution is -0.138. The Labute approximate surface area is 120 Å². The highest BCUT2D eigenvalue weighted by Gasteiger charge is 2.10. The Bertz CT molecular complexity index is 503. The minimum absolute atomic E-state index is 0.286. The Morgan fingerprint density at radius 1 is 1.25 bits per heavy atom. The fraction of sp³-hybridized carbons (Fsp3) is 0.438. The van der Waals surface area contributed by atoms with Gasteiger partial charge in [0.1, 0.15) is 11.5 Å². The number of aryl methyl sites for hydroxylation is 1. The second-order valence-electron chi connectivity index (χ2n) is 4.45. The highest BCUT2D eigenvalue weighted by atomic mass is 16.5. The Balaban J connectivity index is 2.99. The van der Waals surface area contributed by atoms with Crippen molar-refractivity contribution in [2.75, 3.05) is 20.8 Å². The molecule has 0 aliphatic rings. The molecule has 0 heterocycles. The molecule has 0 bridgehead atoms. The predicted octanol–water partition coefficient (Wildman–Crippen LogP) is 3.06. The van der Waals surface area contributed by atoms with Gasteiger partial charge in [-0.2, -0.15) is 0 Å². The molecule has 1 aromatic carbocycles. The Kier molecular flexibility index (Phi) is 6.10. The minimum Gasteiger partial charge on any atom is -0.497 e. The summed E-state index contributed by atoms with van der Waals surface area (Å²) in [6.07, 6.45) is 2.43. The van der Waals surface area contributed by atoms with E-state index in [0.29, 0.717) is 18.6 Å². The summed E-state index contributed by atoms with van der Waals surface area (Å²) in [6, 6.07) is 3.84. The lowest BCUT2D eigenvalue weighted by atomic mass is 10.0. The van der Waals surface area contributed by atoms with Gasteiger partial charge in [-0.3, -0.25) is 0 Å². The van der Waals surface area contributed by atoms with Crippen molar-refractivity contribution in [3.05, 3.63) is 34.9 Å². The molecule has 20 heavy (non-hydrogen) atoms. The van der Waals surface area contributed by atoms with Gasteiger partial charge in [0.25, 0.3) is 0 Å². The van der Waals surface area contributed by atoms with Crippen LogP contribution in [-0.4, -0.2) is 26.8 Å². The normalized spacial score (nSPS) is 11.2. The van der Waals surface area contributed by atoms with Crippen molar-refractivity contribution in [2.24, 2.45) is 0 Å². The average Bonchev–Trinajstić information content (AvgIpc) is 2.44. The molecule has 0 saturated carbocycles. The molecule has 0 saturated heterocycles. The molecule has 0 aliphatic heterocycles. The van der Waals surface area contributed by atoms with Crippen molar-refractivity contribution in [1.82, 2.24) is 0 Å². The fourth-order valence-electron chi connectivity index (χ4n) is 1.96. The van der Waals surface area contributed by atoms with E-state index in [1.165, 1.54) is 0 Å². The Morgan fingerprint density at radius 3 is 2.50 bits per heavy atom. The molecule has 0 aromatic heterocycles. The van der Waals surface area contributed by atoms with Crippen LogP contribution in [0.1, 0.15) is 25.0 Å². The molecule has 110 valence electrons. The van der Waals surface area contributed by atoms with Gasteiger partial charge in [-0.05, 0) is 44.9 Å². The van der Waals surface area contributed by atoms with Crippen LogP contribution in [0.3, 0.4) is 0 Å². The summed E-state index contributed by atoms with van der Waals surface area (Å²) < 4.78 is 15.6. The second-order valence-corrected chi connectivity index (χ2v) is 4.45. The van der Waals surface area contributed by atoms with Gasteiger partial charge >= 0.3 is 5.97 Å². The smallest absolute Gasteiger partial charge is 0.333 e. The van der Waals surface area contributed by atoms with Crippen molar-refractivity contribution in [2.45, 2.75) is 27.2 Å². The fourth-order valence-corrected chi connectivity index (χ4v) is 1.96. The van der Waals surface area contributed by atoms with Crippen LogP contribution >= 0.6 is 0 Å². The van der Waals surface area contributed by atoms with E-state index in [9.17, 15) is 4.79 Å². The largest absolute Gasteiger partial charge is 0.497 e. The Hall–Kier alpha value is -1.97. The zero-order valence-corrected chi connectivity index (χ0v) is 12.8. The van der Waals surface area contributed by atoms with Crippen LogP contribution in [0, 0.1) is 6.92 Å². The first-order chi connectivity index (χ1) is 9.53. The molecule has 0 amide bonds. The summed E-state index contributed by atoms with van der Waals surface area (Å²) in [5.74, 6) is 1.31. The van der Waals surface area contributed by atoms with Crippen molar-refractivity contribution in [3.8, 4) is 11.5 Å². The third kappa shape index (κ3) is 4.02. The van der Waals surface area contributed by atoms with E-state index in [4.69, 9.17) is 14.2 Å². The van der Waals surface area contributed by atoms with Gasteiger partial charge in [-0.15, -0.1) is 0 Å².